The molecule has 0 saturated carbocycles. The number of hydrogen-bond acceptors (Lipinski definition) is 4. The summed E-state index contributed by atoms with van der Waals surface area (Å²) in [5, 5.41) is 3.53. The van der Waals surface area contributed by atoms with Gasteiger partial charge in [-0.3, -0.25) is 4.79 Å². The standard InChI is InChI=1S/C14H26N2O2/c1-3-18-14(17)7-8-15-11-9-12-5-4-6-13(10-11)16(12)2/h11-13,15H,3-10H2,1-2H3. The molecule has 0 aromatic carbocycles. The molecule has 4 heteroatoms. The van der Waals surface area contributed by atoms with Crippen molar-refractivity contribution in [1.82, 2.24) is 10.2 Å². The van der Waals surface area contributed by atoms with Crippen LogP contribution in [0.3, 0.4) is 0 Å². The number of carbonyl (C=O) groups is 1. The number of piperidine rings is 2. The Hall–Kier alpha value is -0.610. The van der Waals surface area contributed by atoms with Gasteiger partial charge in [-0.25, -0.2) is 0 Å². The highest BCUT2D eigenvalue weighted by Crippen LogP contribution is 2.32. The van der Waals surface area contributed by atoms with Crippen molar-refractivity contribution in [2.45, 2.75) is 63.6 Å². The van der Waals surface area contributed by atoms with Crippen LogP contribution in [-0.2, 0) is 9.53 Å². The van der Waals surface area contributed by atoms with Gasteiger partial charge in [-0.2, -0.15) is 0 Å². The van der Waals surface area contributed by atoms with Gasteiger partial charge in [-0.1, -0.05) is 6.42 Å². The highest BCUT2D eigenvalue weighted by Gasteiger charge is 2.35. The van der Waals surface area contributed by atoms with Crippen LogP contribution in [0.5, 0.6) is 0 Å². The molecule has 0 aromatic rings. The largest absolute Gasteiger partial charge is 0.466 e. The predicted octanol–water partition coefficient (Wildman–Crippen LogP) is 1.54. The van der Waals surface area contributed by atoms with Crippen molar-refractivity contribution >= 4 is 5.97 Å². The summed E-state index contributed by atoms with van der Waals surface area (Å²) in [6.07, 6.45) is 7.02. The fourth-order valence-corrected chi connectivity index (χ4v) is 3.39. The number of nitrogens with zero attached hydrogens (tertiary/aromatic N) is 1. The van der Waals surface area contributed by atoms with Gasteiger partial charge in [0.1, 0.15) is 0 Å². The van der Waals surface area contributed by atoms with Gasteiger partial charge in [0, 0.05) is 24.7 Å². The Morgan fingerprint density at radius 2 is 2.00 bits per heavy atom. The van der Waals surface area contributed by atoms with E-state index in [1.807, 2.05) is 6.92 Å². The molecule has 0 spiro atoms. The molecule has 0 aliphatic carbocycles. The molecular formula is C14H26N2O2. The summed E-state index contributed by atoms with van der Waals surface area (Å²) in [7, 11) is 2.27. The van der Waals surface area contributed by atoms with Crippen LogP contribution >= 0.6 is 0 Å². The number of nitrogens with one attached hydrogen (secondary N) is 1. The number of esters is 1. The normalized spacial score (nSPS) is 32.2. The van der Waals surface area contributed by atoms with Crippen LogP contribution in [-0.4, -0.2) is 49.2 Å². The fourth-order valence-electron chi connectivity index (χ4n) is 3.39. The Morgan fingerprint density at radius 3 is 2.61 bits per heavy atom. The third kappa shape index (κ3) is 3.45. The quantitative estimate of drug-likeness (QED) is 0.756. The van der Waals surface area contributed by atoms with E-state index in [1.54, 1.807) is 0 Å². The number of fused-ring (bicyclic) bond motifs is 2. The first-order chi connectivity index (χ1) is 8.70. The predicted molar refractivity (Wildman–Crippen MR) is 71.5 cm³/mol. The molecule has 2 atom stereocenters. The zero-order valence-corrected chi connectivity index (χ0v) is 11.7. The van der Waals surface area contributed by atoms with Crippen LogP contribution < -0.4 is 5.32 Å². The van der Waals surface area contributed by atoms with Crippen molar-refractivity contribution in [3.63, 3.8) is 0 Å². The molecule has 2 bridgehead atoms. The second-order valence-corrected chi connectivity index (χ2v) is 5.58. The number of hydrogen-bond donors (Lipinski definition) is 1. The SMILES string of the molecule is CCOC(=O)CCNC1CC2CCCC(C1)N2C. The van der Waals surface area contributed by atoms with Crippen molar-refractivity contribution in [3.05, 3.63) is 0 Å². The van der Waals surface area contributed by atoms with Gasteiger partial charge in [-0.05, 0) is 39.7 Å². The van der Waals surface area contributed by atoms with E-state index in [0.717, 1.165) is 18.6 Å². The molecule has 2 fully saturated rings. The minimum Gasteiger partial charge on any atom is -0.466 e. The molecule has 2 aliphatic heterocycles. The van der Waals surface area contributed by atoms with Gasteiger partial charge in [-0.15, -0.1) is 0 Å². The molecule has 2 unspecified atom stereocenters. The lowest BCUT2D eigenvalue weighted by atomic mass is 9.82. The Morgan fingerprint density at radius 1 is 1.33 bits per heavy atom. The maximum atomic E-state index is 11.3. The van der Waals surface area contributed by atoms with Crippen LogP contribution in [0, 0.1) is 0 Å². The summed E-state index contributed by atoms with van der Waals surface area (Å²) in [6.45, 7) is 3.09. The molecule has 4 nitrogen and oxygen atoms in total. The molecule has 0 aromatic heterocycles. The maximum Gasteiger partial charge on any atom is 0.307 e. The second-order valence-electron chi connectivity index (χ2n) is 5.58. The van der Waals surface area contributed by atoms with E-state index in [9.17, 15) is 4.79 Å². The average molecular weight is 254 g/mol. The summed E-state index contributed by atoms with van der Waals surface area (Å²) in [4.78, 5) is 13.8. The minimum atomic E-state index is -0.0851. The summed E-state index contributed by atoms with van der Waals surface area (Å²) in [5.41, 5.74) is 0. The average Bonchev–Trinajstić information content (AvgIpc) is 2.30. The molecular weight excluding hydrogens is 228 g/mol. The topological polar surface area (TPSA) is 41.6 Å². The number of ether oxygens (including phenoxy) is 1. The minimum absolute atomic E-state index is 0.0851. The summed E-state index contributed by atoms with van der Waals surface area (Å²) in [5.74, 6) is -0.0851. The van der Waals surface area contributed by atoms with Crippen molar-refractivity contribution < 1.29 is 9.53 Å². The van der Waals surface area contributed by atoms with Gasteiger partial charge < -0.3 is 15.0 Å². The molecule has 2 heterocycles. The monoisotopic (exact) mass is 254 g/mol. The van der Waals surface area contributed by atoms with Crippen molar-refractivity contribution in [1.29, 1.82) is 0 Å². The van der Waals surface area contributed by atoms with E-state index in [0.29, 0.717) is 19.1 Å². The second kappa shape index (κ2) is 6.53. The van der Waals surface area contributed by atoms with E-state index in [4.69, 9.17) is 4.74 Å². The van der Waals surface area contributed by atoms with E-state index in [2.05, 4.69) is 17.3 Å². The highest BCUT2D eigenvalue weighted by atomic mass is 16.5. The fraction of sp³-hybridized carbons (Fsp3) is 0.929. The van der Waals surface area contributed by atoms with Gasteiger partial charge in [0.15, 0.2) is 0 Å². The van der Waals surface area contributed by atoms with Crippen LogP contribution in [0.4, 0.5) is 0 Å². The molecule has 0 amide bonds. The van der Waals surface area contributed by atoms with Gasteiger partial charge in [0.25, 0.3) is 0 Å². The van der Waals surface area contributed by atoms with Gasteiger partial charge in [0.05, 0.1) is 13.0 Å². The zero-order valence-electron chi connectivity index (χ0n) is 11.7. The van der Waals surface area contributed by atoms with Crippen LogP contribution in [0.1, 0.15) is 45.4 Å². The van der Waals surface area contributed by atoms with Crippen LogP contribution in [0.25, 0.3) is 0 Å². The lowest BCUT2D eigenvalue weighted by Gasteiger charge is -2.47. The van der Waals surface area contributed by atoms with E-state index in [1.165, 1.54) is 32.1 Å². The smallest absolute Gasteiger partial charge is 0.307 e. The Labute approximate surface area is 110 Å². The van der Waals surface area contributed by atoms with E-state index in [-0.39, 0.29) is 5.97 Å². The Kier molecular flexibility index (Phi) is 5.01. The maximum absolute atomic E-state index is 11.3. The van der Waals surface area contributed by atoms with E-state index < -0.39 is 0 Å². The molecule has 18 heavy (non-hydrogen) atoms. The van der Waals surface area contributed by atoms with Crippen molar-refractivity contribution in [2.24, 2.45) is 0 Å². The van der Waals surface area contributed by atoms with Gasteiger partial charge >= 0.3 is 5.97 Å². The molecule has 2 saturated heterocycles. The molecule has 2 aliphatic rings. The summed E-state index contributed by atoms with van der Waals surface area (Å²) in [6, 6.07) is 2.08. The molecule has 104 valence electrons. The lowest BCUT2D eigenvalue weighted by molar-refractivity contribution is -0.143. The lowest BCUT2D eigenvalue weighted by Crippen LogP contribution is -2.54. The first-order valence-electron chi connectivity index (χ1n) is 7.31. The number of carbonyl (C=O) groups excluding carboxylic acids is 1. The molecule has 2 rings (SSSR count). The van der Waals surface area contributed by atoms with Crippen LogP contribution in [0.2, 0.25) is 0 Å². The summed E-state index contributed by atoms with van der Waals surface area (Å²) < 4.78 is 4.94. The van der Waals surface area contributed by atoms with Crippen molar-refractivity contribution in [3.8, 4) is 0 Å². The molecule has 0 radical (unpaired) electrons. The van der Waals surface area contributed by atoms with E-state index >= 15 is 0 Å². The van der Waals surface area contributed by atoms with Gasteiger partial charge in [0.2, 0.25) is 0 Å². The third-order valence-corrected chi connectivity index (χ3v) is 4.41. The number of rotatable bonds is 5. The van der Waals surface area contributed by atoms with Crippen LogP contribution in [0.15, 0.2) is 0 Å². The first kappa shape index (κ1) is 13.8. The third-order valence-electron chi connectivity index (χ3n) is 4.41. The Balaban J connectivity index is 1.70. The zero-order chi connectivity index (χ0) is 13.0. The molecule has 1 N–H and O–H groups in total. The summed E-state index contributed by atoms with van der Waals surface area (Å²) >= 11 is 0. The first-order valence-corrected chi connectivity index (χ1v) is 7.31. The van der Waals surface area contributed by atoms with Crippen molar-refractivity contribution in [2.75, 3.05) is 20.2 Å². The highest BCUT2D eigenvalue weighted by molar-refractivity contribution is 5.69. The Bertz CT molecular complexity index is 269.